The number of hydrogen-bond donors (Lipinski definition) is 2. The molecule has 1 aromatic rings. The van der Waals surface area contributed by atoms with E-state index < -0.39 is 26.0 Å². The number of sulfonamides is 2. The Labute approximate surface area is 164 Å². The van der Waals surface area contributed by atoms with Crippen molar-refractivity contribution in [1.82, 2.24) is 14.3 Å². The number of rotatable bonds is 9. The number of thiophene rings is 1. The molecule has 0 bridgehead atoms. The number of carbonyl (C=O) groups excluding carboxylic acids is 1. The fourth-order valence-electron chi connectivity index (χ4n) is 2.72. The van der Waals surface area contributed by atoms with Crippen molar-refractivity contribution in [3.8, 4) is 0 Å². The van der Waals surface area contributed by atoms with Crippen LogP contribution in [0.3, 0.4) is 0 Å². The first-order valence-corrected chi connectivity index (χ1v) is 12.1. The van der Waals surface area contributed by atoms with Crippen LogP contribution in [0.5, 0.6) is 0 Å². The number of hydrogen-bond acceptors (Lipinski definition) is 8. The number of nitrogens with one attached hydrogen (secondary N) is 2. The van der Waals surface area contributed by atoms with Crippen molar-refractivity contribution >= 4 is 37.3 Å². The Morgan fingerprint density at radius 2 is 2.19 bits per heavy atom. The van der Waals surface area contributed by atoms with Crippen molar-refractivity contribution < 1.29 is 26.4 Å². The summed E-state index contributed by atoms with van der Waals surface area (Å²) in [5.41, 5.74) is 0.415. The summed E-state index contributed by atoms with van der Waals surface area (Å²) in [6, 6.07) is 1.01. The second kappa shape index (κ2) is 8.97. The van der Waals surface area contributed by atoms with E-state index in [1.165, 1.54) is 17.3 Å². The van der Waals surface area contributed by atoms with E-state index in [4.69, 9.17) is 4.74 Å². The normalized spacial score (nSPS) is 19.6. The molecule has 2 N–H and O–H groups in total. The van der Waals surface area contributed by atoms with Crippen LogP contribution < -0.4 is 10.0 Å². The van der Waals surface area contributed by atoms with Gasteiger partial charge in [0.25, 0.3) is 20.0 Å². The number of nitrogens with zero attached hydrogens (tertiary/aromatic N) is 1. The van der Waals surface area contributed by atoms with Gasteiger partial charge in [0, 0.05) is 44.8 Å². The minimum atomic E-state index is -4.14. The van der Waals surface area contributed by atoms with Gasteiger partial charge in [-0.15, -0.1) is 11.3 Å². The molecule has 1 amide bonds. The fraction of sp³-hybridized carbons (Fsp3) is 0.600. The summed E-state index contributed by atoms with van der Waals surface area (Å²) in [5, 5.41) is 3.20. The van der Waals surface area contributed by atoms with E-state index in [1.54, 1.807) is 7.11 Å². The Hall–Kier alpha value is -1.05. The largest absolute Gasteiger partial charge is 0.385 e. The second-order valence-electron chi connectivity index (χ2n) is 5.89. The molecule has 9 nitrogen and oxygen atoms in total. The van der Waals surface area contributed by atoms with Crippen LogP contribution in [0.15, 0.2) is 14.5 Å². The van der Waals surface area contributed by atoms with Gasteiger partial charge in [0.1, 0.15) is 8.42 Å². The first kappa shape index (κ1) is 22.2. The predicted octanol–water partition coefficient (Wildman–Crippen LogP) is 0.469. The molecule has 0 fully saturated rings. The van der Waals surface area contributed by atoms with Crippen molar-refractivity contribution in [2.45, 2.75) is 34.7 Å². The van der Waals surface area contributed by atoms with Crippen LogP contribution in [0, 0.1) is 6.42 Å². The van der Waals surface area contributed by atoms with Crippen LogP contribution in [0.25, 0.3) is 0 Å². The van der Waals surface area contributed by atoms with Gasteiger partial charge in [-0.25, -0.2) is 21.6 Å². The number of fused-ring (bicyclic) bond motifs is 1. The standard InChI is InChI=1S/C15H24N3O6S3/c1-4-13(19)17-26(20,21)14-9-11-12(16-5-2)10-18(7-6-8-24-3)27(22,23)15(11)25-14/h4,9,12,16H,5-8,10H2,1-3H3,(H,17,19)/t12-/m0/s1. The van der Waals surface area contributed by atoms with E-state index in [0.717, 1.165) is 6.42 Å². The van der Waals surface area contributed by atoms with E-state index in [0.29, 0.717) is 36.5 Å². The molecule has 1 radical (unpaired) electrons. The summed E-state index contributed by atoms with van der Waals surface area (Å²) in [6.07, 6.45) is 1.61. The van der Waals surface area contributed by atoms with Crippen LogP contribution in [-0.2, 0) is 29.6 Å². The van der Waals surface area contributed by atoms with E-state index in [1.807, 2.05) is 11.6 Å². The van der Waals surface area contributed by atoms with Gasteiger partial charge in [0.15, 0.2) is 0 Å². The molecule has 0 saturated carbocycles. The highest BCUT2D eigenvalue weighted by Crippen LogP contribution is 2.40. The third kappa shape index (κ3) is 4.87. The highest BCUT2D eigenvalue weighted by Gasteiger charge is 2.40. The zero-order valence-corrected chi connectivity index (χ0v) is 17.8. The van der Waals surface area contributed by atoms with Crippen molar-refractivity contribution in [1.29, 1.82) is 0 Å². The molecule has 1 aliphatic heterocycles. The van der Waals surface area contributed by atoms with Gasteiger partial charge in [0.2, 0.25) is 5.91 Å². The summed E-state index contributed by atoms with van der Waals surface area (Å²) in [6.45, 7) is 4.80. The second-order valence-corrected chi connectivity index (χ2v) is 11.0. The molecule has 12 heteroatoms. The average Bonchev–Trinajstić information content (AvgIpc) is 3.06. The van der Waals surface area contributed by atoms with Crippen LogP contribution in [0.1, 0.15) is 31.9 Å². The lowest BCUT2D eigenvalue weighted by atomic mass is 10.1. The lowest BCUT2D eigenvalue weighted by Gasteiger charge is -2.32. The van der Waals surface area contributed by atoms with Gasteiger partial charge in [-0.2, -0.15) is 4.31 Å². The monoisotopic (exact) mass is 438 g/mol. The van der Waals surface area contributed by atoms with Gasteiger partial charge < -0.3 is 10.1 Å². The molecular weight excluding hydrogens is 414 g/mol. The summed E-state index contributed by atoms with van der Waals surface area (Å²) in [5.74, 6) is -0.770. The molecule has 1 atom stereocenters. The maximum absolute atomic E-state index is 12.9. The molecule has 27 heavy (non-hydrogen) atoms. The molecule has 1 aromatic heterocycles. The Morgan fingerprint density at radius 3 is 2.78 bits per heavy atom. The van der Waals surface area contributed by atoms with Crippen molar-refractivity contribution in [2.75, 3.05) is 33.4 Å². The van der Waals surface area contributed by atoms with E-state index >= 15 is 0 Å². The summed E-state index contributed by atoms with van der Waals surface area (Å²) in [7, 11) is -6.41. The molecule has 2 heterocycles. The minimum absolute atomic E-state index is 0.00887. The molecule has 1 aliphatic rings. The Bertz CT molecular complexity index is 879. The van der Waals surface area contributed by atoms with E-state index in [-0.39, 0.29) is 27.5 Å². The lowest BCUT2D eigenvalue weighted by Crippen LogP contribution is -2.43. The third-order valence-electron chi connectivity index (χ3n) is 4.01. The maximum Gasteiger partial charge on any atom is 0.273 e. The van der Waals surface area contributed by atoms with E-state index in [9.17, 15) is 21.6 Å². The summed E-state index contributed by atoms with van der Waals surface area (Å²) >= 11 is 0.657. The van der Waals surface area contributed by atoms with Crippen molar-refractivity contribution in [2.24, 2.45) is 0 Å². The number of likely N-dealkylation sites (N-methyl/N-ethyl adjacent to an activating group) is 1. The minimum Gasteiger partial charge on any atom is -0.385 e. The number of amides is 1. The van der Waals surface area contributed by atoms with Gasteiger partial charge in [-0.05, 0) is 19.0 Å². The van der Waals surface area contributed by atoms with Crippen LogP contribution in [0.4, 0.5) is 0 Å². The third-order valence-corrected chi connectivity index (χ3v) is 9.37. The molecule has 0 aliphatic carbocycles. The Kier molecular flexibility index (Phi) is 7.39. The zero-order valence-electron chi connectivity index (χ0n) is 15.4. The zero-order chi connectivity index (χ0) is 20.2. The molecule has 0 saturated heterocycles. The lowest BCUT2D eigenvalue weighted by molar-refractivity contribution is -0.116. The molecule has 153 valence electrons. The summed E-state index contributed by atoms with van der Waals surface area (Å²) in [4.78, 5) is 11.4. The Morgan fingerprint density at radius 1 is 1.48 bits per heavy atom. The predicted molar refractivity (Wildman–Crippen MR) is 101 cm³/mol. The van der Waals surface area contributed by atoms with Crippen LogP contribution in [-0.4, -0.2) is 60.4 Å². The number of methoxy groups -OCH3 is 1. The smallest absolute Gasteiger partial charge is 0.273 e. The van der Waals surface area contributed by atoms with Crippen LogP contribution >= 0.6 is 11.3 Å². The topological polar surface area (TPSA) is 122 Å². The SMILES string of the molecule is C[CH]C(=O)NS(=O)(=O)c1cc2c(s1)S(=O)(=O)N(CCCOC)C[C@@H]2NCC. The molecule has 0 aromatic carbocycles. The molecular formula is C15H24N3O6S3. The van der Waals surface area contributed by atoms with Gasteiger partial charge >= 0.3 is 0 Å². The number of ether oxygens (including phenoxy) is 1. The van der Waals surface area contributed by atoms with Crippen LogP contribution in [0.2, 0.25) is 0 Å². The molecule has 0 spiro atoms. The molecule has 2 rings (SSSR count). The van der Waals surface area contributed by atoms with Gasteiger partial charge in [-0.3, -0.25) is 4.79 Å². The first-order valence-electron chi connectivity index (χ1n) is 8.39. The highest BCUT2D eigenvalue weighted by atomic mass is 32.3. The van der Waals surface area contributed by atoms with E-state index in [2.05, 4.69) is 5.32 Å². The maximum atomic E-state index is 12.9. The Balaban J connectivity index is 2.44. The van der Waals surface area contributed by atoms with Gasteiger partial charge in [-0.1, -0.05) is 13.8 Å². The van der Waals surface area contributed by atoms with Crippen molar-refractivity contribution in [3.63, 3.8) is 0 Å². The number of carbonyl (C=O) groups is 1. The quantitative estimate of drug-likeness (QED) is 0.537. The summed E-state index contributed by atoms with van der Waals surface area (Å²) < 4.78 is 58.7. The van der Waals surface area contributed by atoms with Gasteiger partial charge in [0.05, 0.1) is 0 Å². The van der Waals surface area contributed by atoms with Crippen molar-refractivity contribution in [3.05, 3.63) is 18.1 Å². The average molecular weight is 439 g/mol. The fourth-order valence-corrected chi connectivity index (χ4v) is 7.60. The molecule has 0 unspecified atom stereocenters. The first-order chi connectivity index (χ1) is 12.7. The highest BCUT2D eigenvalue weighted by molar-refractivity contribution is 7.94.